The summed E-state index contributed by atoms with van der Waals surface area (Å²) in [6.45, 7) is 1.87. The predicted molar refractivity (Wildman–Crippen MR) is 105 cm³/mol. The van der Waals surface area contributed by atoms with E-state index >= 15 is 0 Å². The molecule has 1 atom stereocenters. The van der Waals surface area contributed by atoms with Crippen molar-refractivity contribution in [3.8, 4) is 5.75 Å². The number of fused-ring (bicyclic) bond motifs is 3. The fourth-order valence-corrected chi connectivity index (χ4v) is 4.77. The number of aromatic nitrogens is 2. The standard InChI is InChI=1S/C20H21N3O3S/c1-12(13-7-3-5-9-16(13)26-2)22-18(24)14-11-21-20-23(19(14)25)15-8-4-6-10-17(15)27-20/h3,5,7,9,11-12H,4,6,8,10H2,1-2H3,(H,22,24). The number of aryl methyl sites for hydroxylation is 2. The number of para-hydroxylation sites is 1. The highest BCUT2D eigenvalue weighted by Crippen LogP contribution is 2.28. The van der Waals surface area contributed by atoms with Gasteiger partial charge >= 0.3 is 0 Å². The summed E-state index contributed by atoms with van der Waals surface area (Å²) >= 11 is 1.55. The van der Waals surface area contributed by atoms with Gasteiger partial charge < -0.3 is 10.1 Å². The first-order valence-corrected chi connectivity index (χ1v) is 9.88. The third-order valence-electron chi connectivity index (χ3n) is 5.00. The molecule has 6 nitrogen and oxygen atoms in total. The van der Waals surface area contributed by atoms with Gasteiger partial charge in [-0.3, -0.25) is 14.0 Å². The van der Waals surface area contributed by atoms with E-state index in [-0.39, 0.29) is 17.2 Å². The zero-order valence-electron chi connectivity index (χ0n) is 15.3. The van der Waals surface area contributed by atoms with Crippen LogP contribution in [0.2, 0.25) is 0 Å². The van der Waals surface area contributed by atoms with Crippen molar-refractivity contribution in [2.24, 2.45) is 0 Å². The van der Waals surface area contributed by atoms with Gasteiger partial charge in [0.25, 0.3) is 11.5 Å². The lowest BCUT2D eigenvalue weighted by molar-refractivity contribution is 0.0937. The molecule has 2 aromatic heterocycles. The molecule has 0 saturated heterocycles. The number of benzene rings is 1. The first-order chi connectivity index (χ1) is 13.1. The van der Waals surface area contributed by atoms with Gasteiger partial charge in [0.2, 0.25) is 0 Å². The number of nitrogens with zero attached hydrogens (tertiary/aromatic N) is 2. The van der Waals surface area contributed by atoms with Gasteiger partial charge in [0.15, 0.2) is 4.96 Å². The molecule has 3 aromatic rings. The summed E-state index contributed by atoms with van der Waals surface area (Å²) in [6, 6.07) is 7.21. The number of carbonyl (C=O) groups excluding carboxylic acids is 1. The van der Waals surface area contributed by atoms with Crippen molar-refractivity contribution in [3.63, 3.8) is 0 Å². The molecule has 0 fully saturated rings. The lowest BCUT2D eigenvalue weighted by Gasteiger charge is -2.17. The molecule has 1 amide bonds. The van der Waals surface area contributed by atoms with Crippen molar-refractivity contribution in [2.45, 2.75) is 38.6 Å². The Bertz CT molecular complexity index is 1070. The van der Waals surface area contributed by atoms with Crippen molar-refractivity contribution >= 4 is 22.2 Å². The molecule has 0 aliphatic heterocycles. The van der Waals surface area contributed by atoms with Crippen LogP contribution < -0.4 is 15.6 Å². The Kier molecular flexibility index (Phi) is 4.70. The minimum absolute atomic E-state index is 0.0698. The highest BCUT2D eigenvalue weighted by Gasteiger charge is 2.22. The topological polar surface area (TPSA) is 72.7 Å². The Balaban J connectivity index is 1.67. The van der Waals surface area contributed by atoms with Gasteiger partial charge in [0.1, 0.15) is 11.3 Å². The minimum Gasteiger partial charge on any atom is -0.496 e. The van der Waals surface area contributed by atoms with Crippen LogP contribution in [-0.2, 0) is 12.8 Å². The number of thiazole rings is 1. The number of rotatable bonds is 4. The summed E-state index contributed by atoms with van der Waals surface area (Å²) in [5.41, 5.74) is 1.66. The fraction of sp³-hybridized carbons (Fsp3) is 0.350. The Morgan fingerprint density at radius 3 is 2.89 bits per heavy atom. The molecule has 0 spiro atoms. The number of ether oxygens (including phenoxy) is 1. The molecule has 140 valence electrons. The largest absolute Gasteiger partial charge is 0.496 e. The molecule has 7 heteroatoms. The normalized spacial score (nSPS) is 14.6. The van der Waals surface area contributed by atoms with E-state index in [0.29, 0.717) is 10.7 Å². The summed E-state index contributed by atoms with van der Waals surface area (Å²) in [5.74, 6) is 0.276. The van der Waals surface area contributed by atoms with E-state index in [2.05, 4.69) is 10.3 Å². The van der Waals surface area contributed by atoms with Crippen LogP contribution in [0.5, 0.6) is 5.75 Å². The van der Waals surface area contributed by atoms with Crippen LogP contribution >= 0.6 is 11.3 Å². The monoisotopic (exact) mass is 383 g/mol. The maximum atomic E-state index is 13.0. The molecule has 1 unspecified atom stereocenters. The van der Waals surface area contributed by atoms with Crippen LogP contribution in [0.15, 0.2) is 35.3 Å². The molecule has 1 N–H and O–H groups in total. The van der Waals surface area contributed by atoms with Crippen LogP contribution in [0.4, 0.5) is 0 Å². The van der Waals surface area contributed by atoms with Crippen LogP contribution in [0.1, 0.15) is 52.3 Å². The summed E-state index contributed by atoms with van der Waals surface area (Å²) < 4.78 is 6.99. The van der Waals surface area contributed by atoms with E-state index in [9.17, 15) is 9.59 Å². The van der Waals surface area contributed by atoms with Gasteiger partial charge in [-0.25, -0.2) is 4.98 Å². The third kappa shape index (κ3) is 3.12. The molecule has 0 saturated carbocycles. The smallest absolute Gasteiger partial charge is 0.271 e. The summed E-state index contributed by atoms with van der Waals surface area (Å²) in [6.07, 6.45) is 5.43. The second kappa shape index (κ2) is 7.15. The summed E-state index contributed by atoms with van der Waals surface area (Å²) in [5, 5.41) is 2.90. The SMILES string of the molecule is COc1ccccc1C(C)NC(=O)c1cnc2sc3c(n2c1=O)CCCC3. The van der Waals surface area contributed by atoms with Crippen molar-refractivity contribution < 1.29 is 9.53 Å². The maximum Gasteiger partial charge on any atom is 0.271 e. The second-order valence-electron chi connectivity index (χ2n) is 6.71. The molecule has 1 aliphatic rings. The van der Waals surface area contributed by atoms with E-state index in [1.165, 1.54) is 11.1 Å². The number of hydrogen-bond acceptors (Lipinski definition) is 5. The maximum absolute atomic E-state index is 13.0. The first-order valence-electron chi connectivity index (χ1n) is 9.06. The fourth-order valence-electron chi connectivity index (χ4n) is 3.60. The van der Waals surface area contributed by atoms with E-state index in [0.717, 1.165) is 36.9 Å². The van der Waals surface area contributed by atoms with Crippen molar-refractivity contribution in [2.75, 3.05) is 7.11 Å². The van der Waals surface area contributed by atoms with Crippen LogP contribution in [-0.4, -0.2) is 22.4 Å². The molecule has 1 aromatic carbocycles. The van der Waals surface area contributed by atoms with Gasteiger partial charge in [-0.05, 0) is 38.7 Å². The zero-order valence-corrected chi connectivity index (χ0v) is 16.1. The Morgan fingerprint density at radius 2 is 2.07 bits per heavy atom. The number of amides is 1. The van der Waals surface area contributed by atoms with E-state index in [1.54, 1.807) is 22.8 Å². The lowest BCUT2D eigenvalue weighted by Crippen LogP contribution is -2.33. The Morgan fingerprint density at radius 1 is 1.30 bits per heavy atom. The average molecular weight is 383 g/mol. The first kappa shape index (κ1) is 17.7. The van der Waals surface area contributed by atoms with Gasteiger partial charge in [-0.1, -0.05) is 18.2 Å². The molecular weight excluding hydrogens is 362 g/mol. The zero-order chi connectivity index (χ0) is 19.0. The number of carbonyl (C=O) groups is 1. The van der Waals surface area contributed by atoms with Gasteiger partial charge in [0, 0.05) is 22.3 Å². The number of hydrogen-bond donors (Lipinski definition) is 1. The van der Waals surface area contributed by atoms with Crippen molar-refractivity contribution in [3.05, 3.63) is 62.5 Å². The quantitative estimate of drug-likeness (QED) is 0.751. The number of methoxy groups -OCH3 is 1. The average Bonchev–Trinajstić information content (AvgIpc) is 3.07. The van der Waals surface area contributed by atoms with E-state index in [4.69, 9.17) is 4.74 Å². The van der Waals surface area contributed by atoms with Gasteiger partial charge in [0.05, 0.1) is 13.2 Å². The molecular formula is C20H21N3O3S. The molecule has 27 heavy (non-hydrogen) atoms. The van der Waals surface area contributed by atoms with Crippen LogP contribution in [0.3, 0.4) is 0 Å². The van der Waals surface area contributed by atoms with E-state index < -0.39 is 5.91 Å². The van der Waals surface area contributed by atoms with Crippen molar-refractivity contribution in [1.82, 2.24) is 14.7 Å². The minimum atomic E-state index is -0.420. The second-order valence-corrected chi connectivity index (χ2v) is 7.77. The van der Waals surface area contributed by atoms with Crippen LogP contribution in [0, 0.1) is 0 Å². The molecule has 1 aliphatic carbocycles. The molecule has 2 heterocycles. The summed E-state index contributed by atoms with van der Waals surface area (Å²) in [4.78, 5) is 32.0. The Hall–Kier alpha value is -2.67. The number of nitrogens with one attached hydrogen (secondary N) is 1. The van der Waals surface area contributed by atoms with Gasteiger partial charge in [-0.15, -0.1) is 11.3 Å². The van der Waals surface area contributed by atoms with Crippen molar-refractivity contribution in [1.29, 1.82) is 0 Å². The molecule has 0 radical (unpaired) electrons. The predicted octanol–water partition coefficient (Wildman–Crippen LogP) is 3.13. The highest BCUT2D eigenvalue weighted by atomic mass is 32.1. The Labute approximate surface area is 160 Å². The lowest BCUT2D eigenvalue weighted by atomic mass is 10.0. The molecule has 4 rings (SSSR count). The molecule has 0 bridgehead atoms. The highest BCUT2D eigenvalue weighted by molar-refractivity contribution is 7.17. The third-order valence-corrected chi connectivity index (χ3v) is 6.16. The summed E-state index contributed by atoms with van der Waals surface area (Å²) in [7, 11) is 1.59. The van der Waals surface area contributed by atoms with Gasteiger partial charge in [-0.2, -0.15) is 0 Å². The van der Waals surface area contributed by atoms with Crippen LogP contribution in [0.25, 0.3) is 4.96 Å². The van der Waals surface area contributed by atoms with E-state index in [1.807, 2.05) is 31.2 Å².